The Morgan fingerprint density at radius 2 is 2.17 bits per heavy atom. The number of alkyl halides is 2. The van der Waals surface area contributed by atoms with Gasteiger partial charge in [0.05, 0.1) is 4.47 Å². The molecule has 0 radical (unpaired) electrons. The Balaban J connectivity index is 3.23. The molecule has 2 nitrogen and oxygen atoms in total. The lowest BCUT2D eigenvalue weighted by molar-refractivity contribution is 0.0170. The van der Waals surface area contributed by atoms with E-state index in [1.807, 2.05) is 0 Å². The van der Waals surface area contributed by atoms with Gasteiger partial charge in [0.15, 0.2) is 0 Å². The van der Waals surface area contributed by atoms with Crippen LogP contribution < -0.4 is 5.56 Å². The predicted octanol–water partition coefficient (Wildman–Crippen LogP) is 2.25. The molecule has 0 bridgehead atoms. The highest BCUT2D eigenvalue weighted by molar-refractivity contribution is 9.10. The van der Waals surface area contributed by atoms with Crippen LogP contribution in [-0.2, 0) is 5.92 Å². The van der Waals surface area contributed by atoms with Crippen LogP contribution in [-0.4, -0.2) is 4.98 Å². The summed E-state index contributed by atoms with van der Waals surface area (Å²) < 4.78 is 25.4. The highest BCUT2D eigenvalue weighted by Gasteiger charge is 2.24. The summed E-state index contributed by atoms with van der Waals surface area (Å²) in [7, 11) is 0. The van der Waals surface area contributed by atoms with Gasteiger partial charge in [-0.15, -0.1) is 0 Å². The number of rotatable bonds is 1. The average Bonchev–Trinajstić information content (AvgIpc) is 1.92. The van der Waals surface area contributed by atoms with Crippen molar-refractivity contribution < 1.29 is 8.78 Å². The second-order valence-corrected chi connectivity index (χ2v) is 3.31. The van der Waals surface area contributed by atoms with Gasteiger partial charge < -0.3 is 4.98 Å². The summed E-state index contributed by atoms with van der Waals surface area (Å²) >= 11 is 2.86. The van der Waals surface area contributed by atoms with Crippen LogP contribution in [0.15, 0.2) is 21.5 Å². The van der Waals surface area contributed by atoms with Crippen molar-refractivity contribution in [3.8, 4) is 0 Å². The van der Waals surface area contributed by atoms with E-state index in [0.717, 1.165) is 19.2 Å². The van der Waals surface area contributed by atoms with E-state index in [4.69, 9.17) is 0 Å². The lowest BCUT2D eigenvalue weighted by Crippen LogP contribution is -2.13. The number of aromatic amines is 1. The Bertz CT molecular complexity index is 342. The van der Waals surface area contributed by atoms with Crippen LogP contribution in [0.3, 0.4) is 0 Å². The van der Waals surface area contributed by atoms with Crippen molar-refractivity contribution in [2.75, 3.05) is 0 Å². The van der Waals surface area contributed by atoms with Crippen molar-refractivity contribution in [3.63, 3.8) is 0 Å². The standard InChI is InChI=1S/C7H6BrF2NO/c1-7(9,10)4-2-5(8)6(12)11-3-4/h2-3H,1H3,(H,11,12). The second-order valence-electron chi connectivity index (χ2n) is 2.45. The third-order valence-electron chi connectivity index (χ3n) is 1.36. The minimum Gasteiger partial charge on any atom is -0.328 e. The van der Waals surface area contributed by atoms with Crippen LogP contribution >= 0.6 is 15.9 Å². The number of pyridine rings is 1. The van der Waals surface area contributed by atoms with Crippen LogP contribution in [0.1, 0.15) is 12.5 Å². The van der Waals surface area contributed by atoms with Gasteiger partial charge in [-0.1, -0.05) is 0 Å². The zero-order chi connectivity index (χ0) is 9.35. The Kier molecular flexibility index (Phi) is 2.32. The molecular formula is C7H6BrF2NO. The van der Waals surface area contributed by atoms with E-state index >= 15 is 0 Å². The zero-order valence-corrected chi connectivity index (χ0v) is 7.78. The van der Waals surface area contributed by atoms with Crippen molar-refractivity contribution in [2.24, 2.45) is 0 Å². The maximum Gasteiger partial charge on any atom is 0.271 e. The minimum atomic E-state index is -2.92. The van der Waals surface area contributed by atoms with E-state index in [-0.39, 0.29) is 10.0 Å². The molecule has 0 aliphatic rings. The summed E-state index contributed by atoms with van der Waals surface area (Å²) in [4.78, 5) is 12.9. The molecule has 0 aliphatic heterocycles. The van der Waals surface area contributed by atoms with E-state index in [1.54, 1.807) is 0 Å². The van der Waals surface area contributed by atoms with Crippen molar-refractivity contribution in [2.45, 2.75) is 12.8 Å². The number of halogens is 3. The fourth-order valence-electron chi connectivity index (χ4n) is 0.709. The molecule has 1 N–H and O–H groups in total. The quantitative estimate of drug-likeness (QED) is 0.799. The first-order valence-electron chi connectivity index (χ1n) is 3.18. The predicted molar refractivity (Wildman–Crippen MR) is 44.3 cm³/mol. The van der Waals surface area contributed by atoms with Crippen LogP contribution in [0.4, 0.5) is 8.78 Å². The van der Waals surface area contributed by atoms with Crippen LogP contribution in [0.25, 0.3) is 0 Å². The summed E-state index contributed by atoms with van der Waals surface area (Å²) in [5, 5.41) is 0. The molecule has 1 heterocycles. The molecule has 0 aliphatic carbocycles. The maximum absolute atomic E-state index is 12.6. The smallest absolute Gasteiger partial charge is 0.271 e. The van der Waals surface area contributed by atoms with Gasteiger partial charge in [-0.25, -0.2) is 8.78 Å². The van der Waals surface area contributed by atoms with E-state index in [0.29, 0.717) is 0 Å². The summed E-state index contributed by atoms with van der Waals surface area (Å²) in [5.41, 5.74) is -0.628. The molecule has 12 heavy (non-hydrogen) atoms. The van der Waals surface area contributed by atoms with Crippen molar-refractivity contribution in [1.82, 2.24) is 4.98 Å². The molecule has 0 amide bonds. The molecule has 0 saturated carbocycles. The normalized spacial score (nSPS) is 11.7. The van der Waals surface area contributed by atoms with Gasteiger partial charge in [0, 0.05) is 18.7 Å². The molecule has 1 rings (SSSR count). The fraction of sp³-hybridized carbons (Fsp3) is 0.286. The minimum absolute atomic E-state index is 0.113. The second kappa shape index (κ2) is 2.97. The number of nitrogens with one attached hydrogen (secondary N) is 1. The van der Waals surface area contributed by atoms with Gasteiger partial charge >= 0.3 is 0 Å². The highest BCUT2D eigenvalue weighted by Crippen LogP contribution is 2.26. The topological polar surface area (TPSA) is 32.9 Å². The number of hydrogen-bond acceptors (Lipinski definition) is 1. The Hall–Kier alpha value is -0.710. The highest BCUT2D eigenvalue weighted by atomic mass is 79.9. The molecule has 0 atom stereocenters. The molecule has 5 heteroatoms. The molecule has 1 aromatic heterocycles. The van der Waals surface area contributed by atoms with Crippen LogP contribution in [0.2, 0.25) is 0 Å². The summed E-state index contributed by atoms with van der Waals surface area (Å²) in [6.07, 6.45) is 1.01. The van der Waals surface area contributed by atoms with Crippen molar-refractivity contribution in [1.29, 1.82) is 0 Å². The molecule has 0 spiro atoms. The van der Waals surface area contributed by atoms with E-state index in [1.165, 1.54) is 0 Å². The Labute approximate surface area is 75.7 Å². The summed E-state index contributed by atoms with van der Waals surface area (Å²) in [5.74, 6) is -2.92. The van der Waals surface area contributed by atoms with Gasteiger partial charge in [0.25, 0.3) is 11.5 Å². The molecular weight excluding hydrogens is 232 g/mol. The molecule has 0 aromatic carbocycles. The Morgan fingerprint density at radius 1 is 1.58 bits per heavy atom. The monoisotopic (exact) mass is 237 g/mol. The number of hydrogen-bond donors (Lipinski definition) is 1. The van der Waals surface area contributed by atoms with Gasteiger partial charge in [0.1, 0.15) is 0 Å². The Morgan fingerprint density at radius 3 is 2.58 bits per heavy atom. The molecule has 0 fully saturated rings. The lowest BCUT2D eigenvalue weighted by Gasteiger charge is -2.09. The third-order valence-corrected chi connectivity index (χ3v) is 1.95. The SMILES string of the molecule is CC(F)(F)c1c[nH]c(=O)c(Br)c1. The van der Waals surface area contributed by atoms with E-state index < -0.39 is 11.5 Å². The summed E-state index contributed by atoms with van der Waals surface area (Å²) in [6.45, 7) is 0.771. The first-order chi connectivity index (χ1) is 5.41. The number of aromatic nitrogens is 1. The largest absolute Gasteiger partial charge is 0.328 e. The van der Waals surface area contributed by atoms with E-state index in [9.17, 15) is 13.6 Å². The van der Waals surface area contributed by atoms with Crippen molar-refractivity contribution >= 4 is 15.9 Å². The van der Waals surface area contributed by atoms with Gasteiger partial charge in [-0.2, -0.15) is 0 Å². The fourth-order valence-corrected chi connectivity index (χ4v) is 1.07. The summed E-state index contributed by atoms with van der Waals surface area (Å²) in [6, 6.07) is 1.11. The molecule has 1 aromatic rings. The molecule has 66 valence electrons. The first kappa shape index (κ1) is 9.38. The van der Waals surface area contributed by atoms with Crippen LogP contribution in [0, 0.1) is 0 Å². The average molecular weight is 238 g/mol. The molecule has 0 saturated heterocycles. The van der Waals surface area contributed by atoms with Crippen LogP contribution in [0.5, 0.6) is 0 Å². The number of H-pyrrole nitrogens is 1. The molecule has 0 unspecified atom stereocenters. The maximum atomic E-state index is 12.6. The van der Waals surface area contributed by atoms with Gasteiger partial charge in [0.2, 0.25) is 0 Å². The first-order valence-corrected chi connectivity index (χ1v) is 3.97. The lowest BCUT2D eigenvalue weighted by atomic mass is 10.2. The third kappa shape index (κ3) is 1.91. The zero-order valence-electron chi connectivity index (χ0n) is 6.20. The van der Waals surface area contributed by atoms with Gasteiger partial charge in [-0.05, 0) is 22.0 Å². The van der Waals surface area contributed by atoms with Gasteiger partial charge in [-0.3, -0.25) is 4.79 Å². The van der Waals surface area contributed by atoms with E-state index in [2.05, 4.69) is 20.9 Å². The van der Waals surface area contributed by atoms with Crippen molar-refractivity contribution in [3.05, 3.63) is 32.7 Å².